The molecular formula is C30H26ClN3O4. The predicted octanol–water partition coefficient (Wildman–Crippen LogP) is 5.12. The predicted molar refractivity (Wildman–Crippen MR) is 146 cm³/mol. The van der Waals surface area contributed by atoms with Gasteiger partial charge in [0.05, 0.1) is 36.4 Å². The van der Waals surface area contributed by atoms with Crippen LogP contribution in [0, 0.1) is 25.7 Å². The van der Waals surface area contributed by atoms with Crippen molar-refractivity contribution in [2.24, 2.45) is 11.8 Å². The van der Waals surface area contributed by atoms with Gasteiger partial charge in [0.1, 0.15) is 11.8 Å². The van der Waals surface area contributed by atoms with Gasteiger partial charge in [-0.05, 0) is 72.5 Å². The summed E-state index contributed by atoms with van der Waals surface area (Å²) < 4.78 is 5.41. The summed E-state index contributed by atoms with van der Waals surface area (Å²) >= 11 is 6.19. The van der Waals surface area contributed by atoms with Gasteiger partial charge < -0.3 is 15.0 Å². The average molecular weight is 528 g/mol. The summed E-state index contributed by atoms with van der Waals surface area (Å²) in [7, 11) is 1.51. The molecule has 3 aromatic rings. The first-order valence-electron chi connectivity index (χ1n) is 12.4. The lowest BCUT2D eigenvalue weighted by Crippen LogP contribution is -2.46. The molecule has 0 spiro atoms. The van der Waals surface area contributed by atoms with E-state index in [9.17, 15) is 14.4 Å². The third-order valence-electron chi connectivity index (χ3n) is 7.61. The zero-order valence-electron chi connectivity index (χ0n) is 21.1. The largest absolute Gasteiger partial charge is 0.495 e. The van der Waals surface area contributed by atoms with Gasteiger partial charge in [0.15, 0.2) is 0 Å². The number of imide groups is 1. The summed E-state index contributed by atoms with van der Waals surface area (Å²) in [5.74, 6) is -2.21. The van der Waals surface area contributed by atoms with Crippen LogP contribution in [0.2, 0.25) is 5.02 Å². The Bertz CT molecular complexity index is 1510. The molecule has 0 aliphatic carbocycles. The van der Waals surface area contributed by atoms with Crippen LogP contribution in [-0.2, 0) is 14.4 Å². The van der Waals surface area contributed by atoms with E-state index in [1.54, 1.807) is 18.2 Å². The second kappa shape index (κ2) is 9.03. The van der Waals surface area contributed by atoms with E-state index in [-0.39, 0.29) is 11.8 Å². The van der Waals surface area contributed by atoms with Crippen LogP contribution in [0.5, 0.6) is 5.75 Å². The maximum absolute atomic E-state index is 14.0. The standard InChI is InChI=1S/C30H26ClN3O4/c1-16-12-17(2)14-20(13-16)34-29(36)24-25(30(34)37)27(28(35)32-22-15-19(31)8-9-23(22)38-3)33-11-10-18-6-4-5-7-21(18)26(24)33/h4-15,24-27H,1-3H3,(H,32,35). The van der Waals surface area contributed by atoms with Crippen LogP contribution < -0.4 is 15.0 Å². The van der Waals surface area contributed by atoms with E-state index in [0.717, 1.165) is 22.3 Å². The highest BCUT2D eigenvalue weighted by Gasteiger charge is 2.64. The molecule has 8 heteroatoms. The molecule has 4 atom stereocenters. The van der Waals surface area contributed by atoms with Crippen LogP contribution in [0.1, 0.15) is 28.3 Å². The number of hydrogen-bond acceptors (Lipinski definition) is 5. The smallest absolute Gasteiger partial charge is 0.248 e. The van der Waals surface area contributed by atoms with E-state index in [1.165, 1.54) is 12.0 Å². The number of nitrogens with zero attached hydrogens (tertiary/aromatic N) is 2. The Morgan fingerprint density at radius 1 is 0.947 bits per heavy atom. The van der Waals surface area contributed by atoms with E-state index in [0.29, 0.717) is 22.1 Å². The summed E-state index contributed by atoms with van der Waals surface area (Å²) in [6.45, 7) is 3.86. The van der Waals surface area contributed by atoms with E-state index in [1.807, 2.05) is 73.5 Å². The molecule has 3 aliphatic rings. The molecule has 3 aromatic carbocycles. The molecule has 2 fully saturated rings. The maximum Gasteiger partial charge on any atom is 0.248 e. The third-order valence-corrected chi connectivity index (χ3v) is 7.85. The first-order chi connectivity index (χ1) is 18.3. The summed E-state index contributed by atoms with van der Waals surface area (Å²) in [4.78, 5) is 45.2. The van der Waals surface area contributed by atoms with Gasteiger partial charge in [-0.2, -0.15) is 0 Å². The molecule has 0 aromatic heterocycles. The highest BCUT2D eigenvalue weighted by molar-refractivity contribution is 6.31. The van der Waals surface area contributed by atoms with Crippen LogP contribution in [-0.4, -0.2) is 35.8 Å². The number of halogens is 1. The number of rotatable bonds is 4. The van der Waals surface area contributed by atoms with Crippen LogP contribution in [0.3, 0.4) is 0 Å². The Balaban J connectivity index is 1.45. The minimum absolute atomic E-state index is 0.291. The van der Waals surface area contributed by atoms with Crippen molar-refractivity contribution >= 4 is 46.8 Å². The minimum Gasteiger partial charge on any atom is -0.495 e. The van der Waals surface area contributed by atoms with Crippen molar-refractivity contribution < 1.29 is 19.1 Å². The molecule has 2 saturated heterocycles. The first kappa shape index (κ1) is 24.2. The van der Waals surface area contributed by atoms with Crippen LogP contribution in [0.25, 0.3) is 6.08 Å². The quantitative estimate of drug-likeness (QED) is 0.476. The summed E-state index contributed by atoms with van der Waals surface area (Å²) in [5, 5.41) is 3.35. The summed E-state index contributed by atoms with van der Waals surface area (Å²) in [6.07, 6.45) is 3.75. The Morgan fingerprint density at radius 2 is 1.66 bits per heavy atom. The topological polar surface area (TPSA) is 79.0 Å². The normalized spacial score (nSPS) is 23.3. The number of aryl methyl sites for hydroxylation is 2. The molecule has 6 rings (SSSR count). The monoisotopic (exact) mass is 527 g/mol. The molecule has 3 amide bonds. The number of carbonyl (C=O) groups is 3. The number of carbonyl (C=O) groups excluding carboxylic acids is 3. The van der Waals surface area contributed by atoms with Crippen molar-refractivity contribution in [1.29, 1.82) is 0 Å². The van der Waals surface area contributed by atoms with E-state index >= 15 is 0 Å². The third kappa shape index (κ3) is 3.69. The lowest BCUT2D eigenvalue weighted by molar-refractivity contribution is -0.128. The number of nitrogens with one attached hydrogen (secondary N) is 1. The zero-order chi connectivity index (χ0) is 26.7. The van der Waals surface area contributed by atoms with Crippen molar-refractivity contribution in [3.63, 3.8) is 0 Å². The van der Waals surface area contributed by atoms with Gasteiger partial charge in [-0.3, -0.25) is 14.4 Å². The van der Waals surface area contributed by atoms with Crippen molar-refractivity contribution in [1.82, 2.24) is 4.90 Å². The van der Waals surface area contributed by atoms with Crippen molar-refractivity contribution in [3.05, 3.63) is 94.1 Å². The number of methoxy groups -OCH3 is 1. The Hall–Kier alpha value is -4.10. The number of fused-ring (bicyclic) bond motifs is 5. The molecule has 3 aliphatic heterocycles. The minimum atomic E-state index is -0.911. The first-order valence-corrected chi connectivity index (χ1v) is 12.8. The van der Waals surface area contributed by atoms with E-state index in [2.05, 4.69) is 5.32 Å². The lowest BCUT2D eigenvalue weighted by Gasteiger charge is -2.35. The number of ether oxygens (including phenoxy) is 1. The molecule has 3 heterocycles. The van der Waals surface area contributed by atoms with E-state index < -0.39 is 29.8 Å². The number of amides is 3. The van der Waals surface area contributed by atoms with E-state index in [4.69, 9.17) is 16.3 Å². The molecule has 4 unspecified atom stereocenters. The molecule has 192 valence electrons. The average Bonchev–Trinajstić information content (AvgIpc) is 3.36. The van der Waals surface area contributed by atoms with Crippen LogP contribution in [0.4, 0.5) is 11.4 Å². The van der Waals surface area contributed by atoms with Gasteiger partial charge >= 0.3 is 0 Å². The fraction of sp³-hybridized carbons (Fsp3) is 0.233. The van der Waals surface area contributed by atoms with Crippen LogP contribution >= 0.6 is 11.6 Å². The number of hydrogen-bond donors (Lipinski definition) is 1. The van der Waals surface area contributed by atoms with Crippen molar-refractivity contribution in [2.75, 3.05) is 17.3 Å². The van der Waals surface area contributed by atoms with Crippen molar-refractivity contribution in [3.8, 4) is 5.75 Å². The highest BCUT2D eigenvalue weighted by Crippen LogP contribution is 2.53. The zero-order valence-corrected chi connectivity index (χ0v) is 21.9. The molecule has 0 bridgehead atoms. The van der Waals surface area contributed by atoms with Gasteiger partial charge in [0, 0.05) is 11.2 Å². The molecule has 0 radical (unpaired) electrons. The molecular weight excluding hydrogens is 502 g/mol. The highest BCUT2D eigenvalue weighted by atomic mass is 35.5. The fourth-order valence-corrected chi connectivity index (χ4v) is 6.35. The Morgan fingerprint density at radius 3 is 2.39 bits per heavy atom. The number of anilines is 2. The molecule has 0 saturated carbocycles. The van der Waals surface area contributed by atoms with Gasteiger partial charge in [-0.1, -0.05) is 41.9 Å². The maximum atomic E-state index is 14.0. The van der Waals surface area contributed by atoms with Gasteiger partial charge in [-0.15, -0.1) is 0 Å². The fourth-order valence-electron chi connectivity index (χ4n) is 6.18. The van der Waals surface area contributed by atoms with Gasteiger partial charge in [-0.25, -0.2) is 4.90 Å². The van der Waals surface area contributed by atoms with Crippen LogP contribution in [0.15, 0.2) is 66.9 Å². The molecule has 38 heavy (non-hydrogen) atoms. The summed E-state index contributed by atoms with van der Waals surface area (Å²) in [6, 6.07) is 17.0. The summed E-state index contributed by atoms with van der Waals surface area (Å²) in [5.41, 5.74) is 4.72. The second-order valence-corrected chi connectivity index (χ2v) is 10.5. The Labute approximate surface area is 225 Å². The van der Waals surface area contributed by atoms with Crippen molar-refractivity contribution in [2.45, 2.75) is 25.9 Å². The second-order valence-electron chi connectivity index (χ2n) is 10.0. The van der Waals surface area contributed by atoms with Gasteiger partial charge in [0.2, 0.25) is 17.7 Å². The van der Waals surface area contributed by atoms with Gasteiger partial charge in [0.25, 0.3) is 0 Å². The lowest BCUT2D eigenvalue weighted by atomic mass is 9.84. The number of benzene rings is 3. The Kier molecular flexibility index (Phi) is 5.76. The molecule has 1 N–H and O–H groups in total. The molecule has 7 nitrogen and oxygen atoms in total. The SMILES string of the molecule is COc1ccc(Cl)cc1NC(=O)C1C2C(=O)N(c3cc(C)cc(C)c3)C(=O)C2C2c3ccccc3C=CN12.